The van der Waals surface area contributed by atoms with E-state index in [0.29, 0.717) is 39.4 Å². The molecule has 0 saturated heterocycles. The van der Waals surface area contributed by atoms with Crippen LogP contribution in [0.3, 0.4) is 0 Å². The average molecular weight is 448 g/mol. The molecule has 1 amide bonds. The predicted octanol–water partition coefficient (Wildman–Crippen LogP) is 6.30. The van der Waals surface area contributed by atoms with Crippen LogP contribution in [0, 0.1) is 5.92 Å². The van der Waals surface area contributed by atoms with Gasteiger partial charge in [-0.15, -0.1) is 0 Å². The van der Waals surface area contributed by atoms with Crippen LogP contribution >= 0.6 is 23.2 Å². The zero-order valence-corrected chi connectivity index (χ0v) is 17.9. The van der Waals surface area contributed by atoms with Gasteiger partial charge in [-0.1, -0.05) is 61.0 Å². The maximum absolute atomic E-state index is 12.2. The summed E-state index contributed by atoms with van der Waals surface area (Å²) in [6.45, 7) is 0. The molecule has 1 aliphatic carbocycles. The molecular formula is C23H23Cl2NO4. The Balaban J connectivity index is 1.62. The summed E-state index contributed by atoms with van der Waals surface area (Å²) in [6, 6.07) is 11.7. The third kappa shape index (κ3) is 6.51. The Hall–Kier alpha value is -2.50. The standard InChI is InChI=1S/C23H23Cl2NO4/c24-17-8-11-21(19(25)14-17)30-18-9-5-16(6-10-18)13-20(23(28)29)26-22(27)12-7-15-3-1-2-4-15/h5-6,8-11,13-15H,1-4,7,12H2,(H,26,27)(H,28,29)/b20-13-. The van der Waals surface area contributed by atoms with Crippen molar-refractivity contribution in [2.75, 3.05) is 0 Å². The molecule has 30 heavy (non-hydrogen) atoms. The average Bonchev–Trinajstić information content (AvgIpc) is 3.23. The van der Waals surface area contributed by atoms with Gasteiger partial charge in [-0.05, 0) is 54.3 Å². The number of ether oxygens (including phenoxy) is 1. The molecular weight excluding hydrogens is 425 g/mol. The SMILES string of the molecule is O=C(CCC1CCCC1)N/C(=C\c1ccc(Oc2ccc(Cl)cc2Cl)cc1)C(=O)O. The van der Waals surface area contributed by atoms with Crippen LogP contribution in [-0.4, -0.2) is 17.0 Å². The van der Waals surface area contributed by atoms with Gasteiger partial charge in [0.15, 0.2) is 0 Å². The van der Waals surface area contributed by atoms with Crippen LogP contribution in [0.5, 0.6) is 11.5 Å². The van der Waals surface area contributed by atoms with Gasteiger partial charge in [0.2, 0.25) is 5.91 Å². The first-order chi connectivity index (χ1) is 14.4. The number of carbonyl (C=O) groups is 2. The van der Waals surface area contributed by atoms with E-state index in [1.54, 1.807) is 42.5 Å². The second kappa shape index (κ2) is 10.5. The molecule has 1 aliphatic rings. The van der Waals surface area contributed by atoms with Gasteiger partial charge in [0, 0.05) is 11.4 Å². The van der Waals surface area contributed by atoms with E-state index in [0.717, 1.165) is 19.3 Å². The van der Waals surface area contributed by atoms with Crippen molar-refractivity contribution in [1.29, 1.82) is 0 Å². The van der Waals surface area contributed by atoms with Gasteiger partial charge >= 0.3 is 5.97 Å². The van der Waals surface area contributed by atoms with Crippen LogP contribution in [0.1, 0.15) is 44.1 Å². The maximum atomic E-state index is 12.2. The van der Waals surface area contributed by atoms with Crippen molar-refractivity contribution in [2.45, 2.75) is 38.5 Å². The molecule has 0 heterocycles. The maximum Gasteiger partial charge on any atom is 0.352 e. The molecule has 7 heteroatoms. The highest BCUT2D eigenvalue weighted by molar-refractivity contribution is 6.35. The van der Waals surface area contributed by atoms with E-state index in [4.69, 9.17) is 27.9 Å². The Morgan fingerprint density at radius 3 is 2.43 bits per heavy atom. The summed E-state index contributed by atoms with van der Waals surface area (Å²) in [5.74, 6) is 0.124. The number of benzene rings is 2. The van der Waals surface area contributed by atoms with Crippen molar-refractivity contribution in [2.24, 2.45) is 5.92 Å². The minimum absolute atomic E-state index is 0.152. The first kappa shape index (κ1) is 22.2. The van der Waals surface area contributed by atoms with Crippen LogP contribution < -0.4 is 10.1 Å². The first-order valence-corrected chi connectivity index (χ1v) is 10.6. The first-order valence-electron chi connectivity index (χ1n) is 9.88. The lowest BCUT2D eigenvalue weighted by Gasteiger charge is -2.10. The molecule has 0 spiro atoms. The highest BCUT2D eigenvalue weighted by Gasteiger charge is 2.17. The second-order valence-electron chi connectivity index (χ2n) is 7.35. The Bertz CT molecular complexity index is 935. The van der Waals surface area contributed by atoms with Gasteiger partial charge < -0.3 is 15.2 Å². The minimum Gasteiger partial charge on any atom is -0.477 e. The van der Waals surface area contributed by atoms with Gasteiger partial charge in [-0.25, -0.2) is 4.79 Å². The van der Waals surface area contributed by atoms with Crippen LogP contribution in [-0.2, 0) is 9.59 Å². The highest BCUT2D eigenvalue weighted by atomic mass is 35.5. The number of carboxylic acid groups (broad SMARTS) is 1. The molecule has 3 rings (SSSR count). The van der Waals surface area contributed by atoms with Crippen molar-refractivity contribution in [3.8, 4) is 11.5 Å². The van der Waals surface area contributed by atoms with Gasteiger partial charge in [-0.2, -0.15) is 0 Å². The fourth-order valence-electron chi connectivity index (χ4n) is 3.48. The fourth-order valence-corrected chi connectivity index (χ4v) is 3.93. The number of rotatable bonds is 8. The van der Waals surface area contributed by atoms with Crippen LogP contribution in [0.15, 0.2) is 48.2 Å². The normalized spacial score (nSPS) is 14.5. The van der Waals surface area contributed by atoms with E-state index in [-0.39, 0.29) is 11.6 Å². The van der Waals surface area contributed by atoms with Crippen molar-refractivity contribution in [3.05, 3.63) is 63.8 Å². The van der Waals surface area contributed by atoms with Crippen molar-refractivity contribution >= 4 is 41.2 Å². The van der Waals surface area contributed by atoms with E-state index in [1.807, 2.05) is 0 Å². The van der Waals surface area contributed by atoms with Gasteiger partial charge in [0.1, 0.15) is 17.2 Å². The lowest BCUT2D eigenvalue weighted by Crippen LogP contribution is -2.27. The Morgan fingerprint density at radius 2 is 1.80 bits per heavy atom. The third-order valence-electron chi connectivity index (χ3n) is 5.07. The number of halogens is 2. The highest BCUT2D eigenvalue weighted by Crippen LogP contribution is 2.32. The summed E-state index contributed by atoms with van der Waals surface area (Å²) in [5, 5.41) is 12.9. The molecule has 1 fully saturated rings. The van der Waals surface area contributed by atoms with Gasteiger partial charge in [0.25, 0.3) is 0 Å². The largest absolute Gasteiger partial charge is 0.477 e. The molecule has 1 saturated carbocycles. The number of hydrogen-bond donors (Lipinski definition) is 2. The van der Waals surface area contributed by atoms with E-state index in [2.05, 4.69) is 5.32 Å². The van der Waals surface area contributed by atoms with E-state index in [1.165, 1.54) is 18.9 Å². The Kier molecular flexibility index (Phi) is 7.77. The van der Waals surface area contributed by atoms with Gasteiger partial charge in [-0.3, -0.25) is 4.79 Å². The molecule has 0 atom stereocenters. The number of hydrogen-bond acceptors (Lipinski definition) is 3. The monoisotopic (exact) mass is 447 g/mol. The fraction of sp³-hybridized carbons (Fsp3) is 0.304. The summed E-state index contributed by atoms with van der Waals surface area (Å²) in [4.78, 5) is 23.7. The second-order valence-corrected chi connectivity index (χ2v) is 8.19. The molecule has 0 bridgehead atoms. The topological polar surface area (TPSA) is 75.6 Å². The lowest BCUT2D eigenvalue weighted by molar-refractivity contribution is -0.134. The molecule has 158 valence electrons. The van der Waals surface area contributed by atoms with E-state index >= 15 is 0 Å². The van der Waals surface area contributed by atoms with Crippen molar-refractivity contribution in [3.63, 3.8) is 0 Å². The van der Waals surface area contributed by atoms with Crippen molar-refractivity contribution in [1.82, 2.24) is 5.32 Å². The molecule has 2 N–H and O–H groups in total. The number of aliphatic carboxylic acids is 1. The molecule has 0 radical (unpaired) electrons. The molecule has 0 aliphatic heterocycles. The molecule has 0 aromatic heterocycles. The van der Waals surface area contributed by atoms with E-state index < -0.39 is 5.97 Å². The minimum atomic E-state index is -1.18. The molecule has 2 aromatic rings. The van der Waals surface area contributed by atoms with Crippen LogP contribution in [0.25, 0.3) is 6.08 Å². The molecule has 5 nitrogen and oxygen atoms in total. The third-order valence-corrected chi connectivity index (χ3v) is 5.60. The summed E-state index contributed by atoms with van der Waals surface area (Å²) in [7, 11) is 0. The molecule has 2 aromatic carbocycles. The van der Waals surface area contributed by atoms with Crippen LogP contribution in [0.2, 0.25) is 10.0 Å². The summed E-state index contributed by atoms with van der Waals surface area (Å²) < 4.78 is 5.72. The molecule has 0 unspecified atom stereocenters. The van der Waals surface area contributed by atoms with E-state index in [9.17, 15) is 14.7 Å². The zero-order chi connectivity index (χ0) is 21.5. The summed E-state index contributed by atoms with van der Waals surface area (Å²) in [5.41, 5.74) is 0.471. The number of amides is 1. The smallest absolute Gasteiger partial charge is 0.352 e. The van der Waals surface area contributed by atoms with Crippen LogP contribution in [0.4, 0.5) is 0 Å². The quantitative estimate of drug-likeness (QED) is 0.465. The lowest BCUT2D eigenvalue weighted by atomic mass is 10.0. The number of carbonyl (C=O) groups excluding carboxylic acids is 1. The Labute approximate surface area is 185 Å². The summed E-state index contributed by atoms with van der Waals surface area (Å²) >= 11 is 12.0. The zero-order valence-electron chi connectivity index (χ0n) is 16.4. The Morgan fingerprint density at radius 1 is 1.10 bits per heavy atom. The van der Waals surface area contributed by atoms with Crippen molar-refractivity contribution < 1.29 is 19.4 Å². The number of nitrogens with one attached hydrogen (secondary N) is 1. The predicted molar refractivity (Wildman–Crippen MR) is 118 cm³/mol. The van der Waals surface area contributed by atoms with Gasteiger partial charge in [0.05, 0.1) is 5.02 Å². The number of carboxylic acids is 1. The summed E-state index contributed by atoms with van der Waals surface area (Å²) in [6.07, 6.45) is 7.32.